The zero-order chi connectivity index (χ0) is 10.7. The third kappa shape index (κ3) is 1.84. The van der Waals surface area contributed by atoms with Crippen molar-refractivity contribution in [2.75, 3.05) is 0 Å². The Morgan fingerprint density at radius 2 is 2.20 bits per heavy atom. The Kier molecular flexibility index (Phi) is 2.68. The molecule has 1 aromatic heterocycles. The number of benzene rings is 1. The van der Waals surface area contributed by atoms with Crippen LogP contribution in [0.4, 0.5) is 0 Å². The van der Waals surface area contributed by atoms with Crippen molar-refractivity contribution in [3.63, 3.8) is 0 Å². The first-order chi connectivity index (χ1) is 7.33. The first-order valence-corrected chi connectivity index (χ1v) is 4.93. The number of carbonyl (C=O) groups excluding carboxylic acids is 1. The molecule has 2 aromatic rings. The highest BCUT2D eigenvalue weighted by Gasteiger charge is 2.11. The number of hydrogen-bond acceptors (Lipinski definition) is 2. The normalized spacial score (nSPS) is 10.4. The summed E-state index contributed by atoms with van der Waals surface area (Å²) in [7, 11) is 0. The number of furan rings is 1. The molecule has 2 heteroatoms. The zero-order valence-electron chi connectivity index (χ0n) is 8.40. The molecule has 2 nitrogen and oxygen atoms in total. The van der Waals surface area contributed by atoms with E-state index in [9.17, 15) is 4.79 Å². The Labute approximate surface area is 88.2 Å². The van der Waals surface area contributed by atoms with E-state index in [0.717, 1.165) is 11.0 Å². The third-order valence-corrected chi connectivity index (χ3v) is 2.36. The van der Waals surface area contributed by atoms with Crippen LogP contribution in [0.2, 0.25) is 0 Å². The monoisotopic (exact) mass is 200 g/mol. The molecule has 15 heavy (non-hydrogen) atoms. The van der Waals surface area contributed by atoms with Gasteiger partial charge < -0.3 is 4.42 Å². The molecule has 0 bridgehead atoms. The molecule has 0 aliphatic carbocycles. The van der Waals surface area contributed by atoms with E-state index in [0.29, 0.717) is 18.4 Å². The van der Waals surface area contributed by atoms with Crippen LogP contribution >= 0.6 is 0 Å². The highest BCUT2D eigenvalue weighted by molar-refractivity contribution is 6.07. The van der Waals surface area contributed by atoms with Gasteiger partial charge in [-0.15, -0.1) is 6.58 Å². The van der Waals surface area contributed by atoms with E-state index < -0.39 is 0 Å². The second-order valence-electron chi connectivity index (χ2n) is 3.40. The van der Waals surface area contributed by atoms with Crippen molar-refractivity contribution < 1.29 is 9.21 Å². The molecule has 0 spiro atoms. The van der Waals surface area contributed by atoms with Crippen molar-refractivity contribution in [3.8, 4) is 0 Å². The Balaban J connectivity index is 2.35. The van der Waals surface area contributed by atoms with E-state index in [1.807, 2.05) is 24.3 Å². The van der Waals surface area contributed by atoms with Gasteiger partial charge in [0.2, 0.25) is 0 Å². The van der Waals surface area contributed by atoms with Crippen LogP contribution in [-0.2, 0) is 0 Å². The zero-order valence-corrected chi connectivity index (χ0v) is 8.40. The number of carbonyl (C=O) groups is 1. The Hall–Kier alpha value is -1.83. The maximum Gasteiger partial charge on any atom is 0.167 e. The molecule has 1 heterocycles. The molecular formula is C13H12O2. The van der Waals surface area contributed by atoms with Crippen molar-refractivity contribution in [1.29, 1.82) is 0 Å². The van der Waals surface area contributed by atoms with Gasteiger partial charge in [0.05, 0.1) is 5.56 Å². The lowest BCUT2D eigenvalue weighted by Gasteiger charge is -1.94. The summed E-state index contributed by atoms with van der Waals surface area (Å²) in [5.41, 5.74) is 1.44. The van der Waals surface area contributed by atoms with Crippen LogP contribution in [0.25, 0.3) is 11.0 Å². The first kappa shape index (κ1) is 9.71. The summed E-state index contributed by atoms with van der Waals surface area (Å²) < 4.78 is 5.30. The molecule has 0 radical (unpaired) electrons. The van der Waals surface area contributed by atoms with Crippen LogP contribution in [0.1, 0.15) is 23.2 Å². The molecule has 0 amide bonds. The lowest BCUT2D eigenvalue weighted by Crippen LogP contribution is -1.96. The van der Waals surface area contributed by atoms with Crippen molar-refractivity contribution >= 4 is 16.8 Å². The number of Topliss-reactive ketones (excluding diaryl/α,β-unsaturated/α-hetero) is 1. The summed E-state index contributed by atoms with van der Waals surface area (Å²) in [5.74, 6) is 0.111. The standard InChI is InChI=1S/C13H12O2/c1-2-3-7-12(14)11-9-15-13-8-5-4-6-10(11)13/h2,4-6,8-9H,1,3,7H2. The molecule has 0 saturated heterocycles. The molecule has 2 rings (SSSR count). The summed E-state index contributed by atoms with van der Waals surface area (Å²) in [5, 5.41) is 0.895. The van der Waals surface area contributed by atoms with E-state index in [-0.39, 0.29) is 5.78 Å². The largest absolute Gasteiger partial charge is 0.464 e. The van der Waals surface area contributed by atoms with Gasteiger partial charge >= 0.3 is 0 Å². The van der Waals surface area contributed by atoms with Gasteiger partial charge in [0.1, 0.15) is 11.8 Å². The number of para-hydroxylation sites is 1. The molecule has 1 aromatic carbocycles. The van der Waals surface area contributed by atoms with Crippen LogP contribution < -0.4 is 0 Å². The van der Waals surface area contributed by atoms with E-state index >= 15 is 0 Å². The predicted octanol–water partition coefficient (Wildman–Crippen LogP) is 3.58. The number of fused-ring (bicyclic) bond motifs is 1. The summed E-state index contributed by atoms with van der Waals surface area (Å²) in [6, 6.07) is 7.56. The highest BCUT2D eigenvalue weighted by atomic mass is 16.3. The van der Waals surface area contributed by atoms with Gasteiger partial charge in [0, 0.05) is 11.8 Å². The van der Waals surface area contributed by atoms with Crippen molar-refractivity contribution in [2.24, 2.45) is 0 Å². The fraction of sp³-hybridized carbons (Fsp3) is 0.154. The molecule has 0 unspecified atom stereocenters. The van der Waals surface area contributed by atoms with Gasteiger partial charge in [-0.2, -0.15) is 0 Å². The molecule has 0 aliphatic heterocycles. The summed E-state index contributed by atoms with van der Waals surface area (Å²) in [6.07, 6.45) is 4.49. The van der Waals surface area contributed by atoms with E-state index in [2.05, 4.69) is 6.58 Å². The Morgan fingerprint density at radius 3 is 3.00 bits per heavy atom. The molecule has 0 N–H and O–H groups in total. The van der Waals surface area contributed by atoms with Crippen LogP contribution in [0.15, 0.2) is 47.6 Å². The fourth-order valence-electron chi connectivity index (χ4n) is 1.56. The van der Waals surface area contributed by atoms with Crippen molar-refractivity contribution in [1.82, 2.24) is 0 Å². The minimum Gasteiger partial charge on any atom is -0.464 e. The van der Waals surface area contributed by atoms with Crippen LogP contribution in [-0.4, -0.2) is 5.78 Å². The van der Waals surface area contributed by atoms with Gasteiger partial charge in [-0.3, -0.25) is 4.79 Å². The SMILES string of the molecule is C=CCCC(=O)c1coc2ccccc12. The van der Waals surface area contributed by atoms with Gasteiger partial charge in [0.25, 0.3) is 0 Å². The lowest BCUT2D eigenvalue weighted by molar-refractivity contribution is 0.0984. The third-order valence-electron chi connectivity index (χ3n) is 2.36. The average Bonchev–Trinajstić information content (AvgIpc) is 2.69. The number of hydrogen-bond donors (Lipinski definition) is 0. The van der Waals surface area contributed by atoms with E-state index in [1.54, 1.807) is 6.08 Å². The maximum absolute atomic E-state index is 11.8. The van der Waals surface area contributed by atoms with E-state index in [4.69, 9.17) is 4.42 Å². The second-order valence-corrected chi connectivity index (χ2v) is 3.40. The van der Waals surface area contributed by atoms with Gasteiger partial charge in [-0.1, -0.05) is 24.3 Å². The molecule has 76 valence electrons. The minimum absolute atomic E-state index is 0.111. The minimum atomic E-state index is 0.111. The quantitative estimate of drug-likeness (QED) is 0.557. The number of allylic oxidation sites excluding steroid dienone is 1. The average molecular weight is 200 g/mol. The second kappa shape index (κ2) is 4.13. The van der Waals surface area contributed by atoms with Crippen LogP contribution in [0.5, 0.6) is 0 Å². The van der Waals surface area contributed by atoms with Crippen molar-refractivity contribution in [3.05, 3.63) is 48.7 Å². The predicted molar refractivity (Wildman–Crippen MR) is 60.0 cm³/mol. The maximum atomic E-state index is 11.8. The van der Waals surface area contributed by atoms with Crippen LogP contribution in [0, 0.1) is 0 Å². The topological polar surface area (TPSA) is 30.2 Å². The molecular weight excluding hydrogens is 188 g/mol. The molecule has 0 saturated carbocycles. The Morgan fingerprint density at radius 1 is 1.40 bits per heavy atom. The highest BCUT2D eigenvalue weighted by Crippen LogP contribution is 2.22. The molecule has 0 fully saturated rings. The molecule has 0 aliphatic rings. The summed E-state index contributed by atoms with van der Waals surface area (Å²) in [4.78, 5) is 11.8. The molecule has 0 atom stereocenters. The summed E-state index contributed by atoms with van der Waals surface area (Å²) >= 11 is 0. The van der Waals surface area contributed by atoms with Gasteiger partial charge in [-0.25, -0.2) is 0 Å². The number of rotatable bonds is 4. The number of ketones is 1. The van der Waals surface area contributed by atoms with Crippen LogP contribution in [0.3, 0.4) is 0 Å². The van der Waals surface area contributed by atoms with E-state index in [1.165, 1.54) is 6.26 Å². The Bertz CT molecular complexity index is 494. The van der Waals surface area contributed by atoms with Gasteiger partial charge in [0.15, 0.2) is 5.78 Å². The lowest BCUT2D eigenvalue weighted by atomic mass is 10.1. The first-order valence-electron chi connectivity index (χ1n) is 4.93. The summed E-state index contributed by atoms with van der Waals surface area (Å²) in [6.45, 7) is 3.60. The smallest absolute Gasteiger partial charge is 0.167 e. The fourth-order valence-corrected chi connectivity index (χ4v) is 1.56. The van der Waals surface area contributed by atoms with Gasteiger partial charge in [-0.05, 0) is 12.5 Å². The van der Waals surface area contributed by atoms with Crippen molar-refractivity contribution in [2.45, 2.75) is 12.8 Å².